The molecule has 0 radical (unpaired) electrons. The first-order valence-corrected chi connectivity index (χ1v) is 11.4. The van der Waals surface area contributed by atoms with Crippen molar-refractivity contribution in [2.45, 2.75) is 32.1 Å². The minimum Gasteiger partial charge on any atom is -0.370 e. The molecule has 1 spiro atoms. The smallest absolute Gasteiger partial charge is 0.254 e. The lowest BCUT2D eigenvalue weighted by molar-refractivity contribution is -0.0105. The largest absolute Gasteiger partial charge is 0.370 e. The Balaban J connectivity index is 1.22. The number of likely N-dealkylation sites (tertiary alicyclic amines) is 1. The average molecular weight is 497 g/mol. The SMILES string of the molecule is Cc1cc(C2CCC2)c(I)cc1C(=O)N1CC2(C1)CN(c1ccc(C#N)cc1)C2. The molecule has 148 valence electrons. The topological polar surface area (TPSA) is 47.3 Å². The van der Waals surface area contributed by atoms with Crippen molar-refractivity contribution >= 4 is 34.2 Å². The Morgan fingerprint density at radius 1 is 1.14 bits per heavy atom. The third kappa shape index (κ3) is 3.22. The van der Waals surface area contributed by atoms with Crippen molar-refractivity contribution < 1.29 is 4.79 Å². The molecular weight excluding hydrogens is 473 g/mol. The van der Waals surface area contributed by atoms with Gasteiger partial charge in [-0.2, -0.15) is 5.26 Å². The Bertz CT molecular complexity index is 1010. The lowest BCUT2D eigenvalue weighted by atomic mass is 9.72. The van der Waals surface area contributed by atoms with Crippen molar-refractivity contribution in [3.63, 3.8) is 0 Å². The van der Waals surface area contributed by atoms with Crippen LogP contribution in [0.2, 0.25) is 0 Å². The first-order valence-electron chi connectivity index (χ1n) is 10.3. The first-order chi connectivity index (χ1) is 14.0. The van der Waals surface area contributed by atoms with Crippen molar-refractivity contribution in [3.05, 3.63) is 62.2 Å². The van der Waals surface area contributed by atoms with Crippen LogP contribution in [0, 0.1) is 27.2 Å². The number of nitrogens with zero attached hydrogens (tertiary/aromatic N) is 3. The van der Waals surface area contributed by atoms with Gasteiger partial charge in [-0.1, -0.05) is 12.5 Å². The van der Waals surface area contributed by atoms with Crippen molar-refractivity contribution in [1.29, 1.82) is 5.26 Å². The summed E-state index contributed by atoms with van der Waals surface area (Å²) in [6.45, 7) is 5.74. The second-order valence-corrected chi connectivity index (χ2v) is 10.2. The van der Waals surface area contributed by atoms with Gasteiger partial charge in [0.1, 0.15) is 0 Å². The van der Waals surface area contributed by atoms with Gasteiger partial charge in [-0.15, -0.1) is 0 Å². The summed E-state index contributed by atoms with van der Waals surface area (Å²) in [5.41, 5.74) is 5.52. The van der Waals surface area contributed by atoms with Crippen LogP contribution in [0.4, 0.5) is 5.69 Å². The van der Waals surface area contributed by atoms with E-state index in [9.17, 15) is 4.79 Å². The predicted molar refractivity (Wildman–Crippen MR) is 122 cm³/mol. The number of aryl methyl sites for hydroxylation is 1. The molecule has 4 nitrogen and oxygen atoms in total. The van der Waals surface area contributed by atoms with Crippen LogP contribution in [0.1, 0.15) is 52.2 Å². The summed E-state index contributed by atoms with van der Waals surface area (Å²) in [7, 11) is 0. The van der Waals surface area contributed by atoms with Gasteiger partial charge in [-0.25, -0.2) is 0 Å². The van der Waals surface area contributed by atoms with E-state index >= 15 is 0 Å². The van der Waals surface area contributed by atoms with Crippen LogP contribution in [-0.2, 0) is 0 Å². The summed E-state index contributed by atoms with van der Waals surface area (Å²) in [6.07, 6.45) is 3.90. The lowest BCUT2D eigenvalue weighted by Gasteiger charge is -2.61. The van der Waals surface area contributed by atoms with Crippen LogP contribution in [-0.4, -0.2) is 37.0 Å². The molecule has 2 heterocycles. The van der Waals surface area contributed by atoms with Crippen molar-refractivity contribution in [1.82, 2.24) is 4.90 Å². The van der Waals surface area contributed by atoms with Crippen molar-refractivity contribution in [2.24, 2.45) is 5.41 Å². The Kier molecular flexibility index (Phi) is 4.58. The lowest BCUT2D eigenvalue weighted by Crippen LogP contribution is -2.73. The zero-order valence-electron chi connectivity index (χ0n) is 16.6. The van der Waals surface area contributed by atoms with Gasteiger partial charge in [-0.3, -0.25) is 4.79 Å². The van der Waals surface area contributed by atoms with Crippen LogP contribution in [0.5, 0.6) is 0 Å². The maximum atomic E-state index is 13.1. The van der Waals surface area contributed by atoms with Crippen molar-refractivity contribution in [3.8, 4) is 6.07 Å². The molecule has 1 saturated carbocycles. The number of rotatable bonds is 3. The molecule has 1 amide bonds. The van der Waals surface area contributed by atoms with Gasteiger partial charge in [0, 0.05) is 46.4 Å². The third-order valence-corrected chi connectivity index (χ3v) is 7.81. The fourth-order valence-electron chi connectivity index (χ4n) is 4.94. The molecule has 0 aromatic heterocycles. The van der Waals surface area contributed by atoms with E-state index in [1.54, 1.807) is 0 Å². The molecule has 5 rings (SSSR count). The molecular formula is C24H24IN3O. The van der Waals surface area contributed by atoms with E-state index in [4.69, 9.17) is 5.26 Å². The molecule has 1 aliphatic carbocycles. The number of anilines is 1. The maximum absolute atomic E-state index is 13.1. The van der Waals surface area contributed by atoms with E-state index in [0.717, 1.165) is 43.0 Å². The minimum atomic E-state index is 0.183. The second kappa shape index (κ2) is 7.02. The molecule has 0 atom stereocenters. The molecule has 2 saturated heterocycles. The predicted octanol–water partition coefficient (Wildman–Crippen LogP) is 4.70. The van der Waals surface area contributed by atoms with Gasteiger partial charge in [0.25, 0.3) is 5.91 Å². The van der Waals surface area contributed by atoms with E-state index in [0.29, 0.717) is 11.5 Å². The summed E-state index contributed by atoms with van der Waals surface area (Å²) in [6, 6.07) is 14.3. The van der Waals surface area contributed by atoms with E-state index < -0.39 is 0 Å². The van der Waals surface area contributed by atoms with Gasteiger partial charge < -0.3 is 9.80 Å². The highest BCUT2D eigenvalue weighted by atomic mass is 127. The molecule has 2 aromatic carbocycles. The van der Waals surface area contributed by atoms with Gasteiger partial charge in [0.2, 0.25) is 0 Å². The highest BCUT2D eigenvalue weighted by Gasteiger charge is 2.53. The molecule has 3 fully saturated rings. The molecule has 0 bridgehead atoms. The second-order valence-electron chi connectivity index (χ2n) is 8.99. The molecule has 2 aliphatic heterocycles. The highest BCUT2D eigenvalue weighted by molar-refractivity contribution is 14.1. The van der Waals surface area contributed by atoms with Crippen LogP contribution < -0.4 is 4.90 Å². The summed E-state index contributed by atoms with van der Waals surface area (Å²) < 4.78 is 1.24. The number of nitriles is 1. The summed E-state index contributed by atoms with van der Waals surface area (Å²) in [5, 5.41) is 8.94. The van der Waals surface area contributed by atoms with Crippen LogP contribution in [0.3, 0.4) is 0 Å². The maximum Gasteiger partial charge on any atom is 0.254 e. The summed E-state index contributed by atoms with van der Waals surface area (Å²) in [5.74, 6) is 0.878. The first kappa shape index (κ1) is 18.9. The molecule has 3 aliphatic rings. The fourth-order valence-corrected chi connectivity index (χ4v) is 5.84. The van der Waals surface area contributed by atoms with E-state index in [-0.39, 0.29) is 11.3 Å². The quantitative estimate of drug-likeness (QED) is 0.578. The van der Waals surface area contributed by atoms with Gasteiger partial charge in [0.15, 0.2) is 0 Å². The number of carbonyl (C=O) groups excluding carboxylic acids is 1. The number of benzene rings is 2. The Labute approximate surface area is 185 Å². The number of carbonyl (C=O) groups is 1. The average Bonchev–Trinajstić information content (AvgIpc) is 2.61. The molecule has 29 heavy (non-hydrogen) atoms. The number of amides is 1. The molecule has 5 heteroatoms. The Morgan fingerprint density at radius 3 is 2.41 bits per heavy atom. The molecule has 2 aromatic rings. The normalized spacial score (nSPS) is 19.9. The number of hydrogen-bond acceptors (Lipinski definition) is 3. The third-order valence-electron chi connectivity index (χ3n) is 6.87. The molecule has 0 N–H and O–H groups in total. The van der Waals surface area contributed by atoms with Crippen LogP contribution >= 0.6 is 22.6 Å². The zero-order chi connectivity index (χ0) is 20.2. The minimum absolute atomic E-state index is 0.183. The van der Waals surface area contributed by atoms with Crippen molar-refractivity contribution in [2.75, 3.05) is 31.1 Å². The van der Waals surface area contributed by atoms with Gasteiger partial charge in [0.05, 0.1) is 11.6 Å². The van der Waals surface area contributed by atoms with Gasteiger partial charge >= 0.3 is 0 Å². The van der Waals surface area contributed by atoms with Gasteiger partial charge in [-0.05, 0) is 89.7 Å². The van der Waals surface area contributed by atoms with E-state index in [1.165, 1.54) is 28.4 Å². The Morgan fingerprint density at radius 2 is 1.83 bits per heavy atom. The standard InChI is InChI=1S/C24H24IN3O/c1-16-9-21(18-3-2-4-18)22(25)10-20(16)23(29)28-14-24(15-28)12-27(13-24)19-7-5-17(11-26)6-8-19/h5-10,18H,2-4,12-15H2,1H3. The monoisotopic (exact) mass is 497 g/mol. The van der Waals surface area contributed by atoms with E-state index in [2.05, 4.69) is 52.6 Å². The van der Waals surface area contributed by atoms with Crippen LogP contribution in [0.25, 0.3) is 0 Å². The number of hydrogen-bond donors (Lipinski definition) is 0. The highest BCUT2D eigenvalue weighted by Crippen LogP contribution is 2.43. The van der Waals surface area contributed by atoms with E-state index in [1.807, 2.05) is 29.2 Å². The Hall–Kier alpha value is -2.07. The zero-order valence-corrected chi connectivity index (χ0v) is 18.8. The number of halogens is 1. The fraction of sp³-hybridized carbons (Fsp3) is 0.417. The molecule has 0 unspecified atom stereocenters. The summed E-state index contributed by atoms with van der Waals surface area (Å²) >= 11 is 2.40. The van der Waals surface area contributed by atoms with Crippen LogP contribution in [0.15, 0.2) is 36.4 Å². The summed E-state index contributed by atoms with van der Waals surface area (Å²) in [4.78, 5) is 17.4.